The average Bonchev–Trinajstić information content (AvgIpc) is 2.71. The summed E-state index contributed by atoms with van der Waals surface area (Å²) in [6, 6.07) is 7.23. The summed E-state index contributed by atoms with van der Waals surface area (Å²) in [6.07, 6.45) is 0.750. The van der Waals surface area contributed by atoms with Crippen LogP contribution in [0.25, 0.3) is 0 Å². The number of nitrogens with two attached hydrogens (primary N) is 1. The third-order valence-corrected chi connectivity index (χ3v) is 5.74. The minimum atomic E-state index is -1.13. The summed E-state index contributed by atoms with van der Waals surface area (Å²) in [6.45, 7) is 1.69. The van der Waals surface area contributed by atoms with Crippen molar-refractivity contribution >= 4 is 36.0 Å². The Labute approximate surface area is 172 Å². The van der Waals surface area contributed by atoms with E-state index in [1.807, 2.05) is 6.07 Å². The number of aliphatic carboxylic acids is 1. The minimum Gasteiger partial charge on any atom is -0.477 e. The lowest BCUT2D eigenvalue weighted by Crippen LogP contribution is -2.71. The molecule has 29 heavy (non-hydrogen) atoms. The molecule has 156 valence electrons. The Hall–Kier alpha value is -2.85. The molecule has 4 N–H and O–H groups in total. The number of amides is 3. The number of carboxylic acid groups (broad SMARTS) is 1. The van der Waals surface area contributed by atoms with Crippen molar-refractivity contribution in [3.05, 3.63) is 47.2 Å². The van der Waals surface area contributed by atoms with Crippen molar-refractivity contribution in [2.45, 2.75) is 24.4 Å². The molecule has 0 unspecified atom stereocenters. The van der Waals surface area contributed by atoms with Crippen LogP contribution in [0.5, 0.6) is 0 Å². The predicted octanol–water partition coefficient (Wildman–Crippen LogP) is 0.149. The Bertz CT molecular complexity index is 827. The highest BCUT2D eigenvalue weighted by Gasteiger charge is 2.53. The molecular weight excluding hydrogens is 396 g/mol. The van der Waals surface area contributed by atoms with E-state index in [1.165, 1.54) is 21.6 Å². The number of nitrogens with one attached hydrogen (secondary N) is 1. The highest BCUT2D eigenvalue weighted by atomic mass is 32.2. The van der Waals surface area contributed by atoms with Gasteiger partial charge in [0.15, 0.2) is 0 Å². The number of nitrogens with zero attached hydrogens (tertiary/aromatic N) is 2. The number of hydrogen-bond donors (Lipinski definition) is 3. The molecule has 1 aromatic rings. The molecule has 0 radical (unpaired) electrons. The molecule has 0 bridgehead atoms. The van der Waals surface area contributed by atoms with Crippen LogP contribution in [0.1, 0.15) is 18.5 Å². The molecule has 10 heteroatoms. The smallest absolute Gasteiger partial charge is 0.352 e. The van der Waals surface area contributed by atoms with E-state index in [0.717, 1.165) is 6.41 Å². The van der Waals surface area contributed by atoms with Crippen LogP contribution < -0.4 is 11.1 Å². The highest BCUT2D eigenvalue weighted by molar-refractivity contribution is 8.00. The number of rotatable bonds is 5. The van der Waals surface area contributed by atoms with Crippen LogP contribution in [-0.4, -0.2) is 70.4 Å². The van der Waals surface area contributed by atoms with E-state index in [-0.39, 0.29) is 5.70 Å². The Morgan fingerprint density at radius 3 is 2.45 bits per heavy atom. The van der Waals surface area contributed by atoms with Crippen molar-refractivity contribution in [1.82, 2.24) is 15.1 Å². The molecule has 1 fully saturated rings. The van der Waals surface area contributed by atoms with Crippen molar-refractivity contribution in [2.75, 3.05) is 19.8 Å². The van der Waals surface area contributed by atoms with Gasteiger partial charge in [0.25, 0.3) is 5.91 Å². The van der Waals surface area contributed by atoms with Gasteiger partial charge in [0.1, 0.15) is 23.2 Å². The molecule has 9 nitrogen and oxygen atoms in total. The van der Waals surface area contributed by atoms with Crippen molar-refractivity contribution in [2.24, 2.45) is 5.73 Å². The highest BCUT2D eigenvalue weighted by Crippen LogP contribution is 2.40. The summed E-state index contributed by atoms with van der Waals surface area (Å²) in [5.74, 6) is -1.50. The molecule has 3 rings (SSSR count). The molecule has 2 heterocycles. The number of carboxylic acids is 1. The lowest BCUT2D eigenvalue weighted by molar-refractivity contribution is -0.150. The zero-order valence-corrected chi connectivity index (χ0v) is 17.2. The van der Waals surface area contributed by atoms with Gasteiger partial charge in [-0.1, -0.05) is 30.3 Å². The first-order valence-corrected chi connectivity index (χ1v) is 9.84. The van der Waals surface area contributed by atoms with Gasteiger partial charge in [0.2, 0.25) is 12.3 Å². The predicted molar refractivity (Wildman–Crippen MR) is 108 cm³/mol. The van der Waals surface area contributed by atoms with Crippen LogP contribution in [0.2, 0.25) is 0 Å². The van der Waals surface area contributed by atoms with Gasteiger partial charge >= 0.3 is 5.97 Å². The zero-order chi connectivity index (χ0) is 21.7. The van der Waals surface area contributed by atoms with Crippen LogP contribution >= 0.6 is 11.8 Å². The molecule has 3 atom stereocenters. The third-order valence-electron chi connectivity index (χ3n) is 4.31. The molecule has 1 saturated heterocycles. The van der Waals surface area contributed by atoms with Crippen LogP contribution in [0.15, 0.2) is 41.6 Å². The Morgan fingerprint density at radius 1 is 1.34 bits per heavy atom. The molecule has 0 aromatic heterocycles. The molecule has 2 aliphatic rings. The quantitative estimate of drug-likeness (QED) is 0.456. The van der Waals surface area contributed by atoms with Gasteiger partial charge in [-0.05, 0) is 18.1 Å². The number of β-lactam (4-membered cyclic amide) rings is 1. The van der Waals surface area contributed by atoms with E-state index in [9.17, 15) is 24.3 Å². The molecule has 3 amide bonds. The largest absolute Gasteiger partial charge is 0.477 e. The second kappa shape index (κ2) is 9.57. The Balaban J connectivity index is 0.000000537. The lowest BCUT2D eigenvalue weighted by Gasteiger charge is -2.49. The van der Waals surface area contributed by atoms with E-state index in [4.69, 9.17) is 5.73 Å². The van der Waals surface area contributed by atoms with Crippen LogP contribution in [0.4, 0.5) is 0 Å². The summed E-state index contributed by atoms with van der Waals surface area (Å²) in [5.41, 5.74) is 7.24. The van der Waals surface area contributed by atoms with E-state index in [1.54, 1.807) is 45.3 Å². The Morgan fingerprint density at radius 2 is 1.93 bits per heavy atom. The molecule has 1 aromatic carbocycles. The van der Waals surface area contributed by atoms with Gasteiger partial charge in [0, 0.05) is 19.8 Å². The number of benzene rings is 1. The number of carbonyl (C=O) groups is 4. The summed E-state index contributed by atoms with van der Waals surface area (Å²) in [4.78, 5) is 48.1. The SMILES string of the molecule is CC1=C(C(=O)O)N2C(=O)[C@@H](NC(=O)[C@H](N)c3ccccc3)[C@H]2SC1.CN(C)C=O. The van der Waals surface area contributed by atoms with Crippen molar-refractivity contribution in [1.29, 1.82) is 0 Å². The van der Waals surface area contributed by atoms with Gasteiger partial charge < -0.3 is 21.1 Å². The van der Waals surface area contributed by atoms with Gasteiger partial charge in [-0.3, -0.25) is 19.3 Å². The second-order valence-electron chi connectivity index (χ2n) is 6.79. The fourth-order valence-corrected chi connectivity index (χ4v) is 4.12. The van der Waals surface area contributed by atoms with E-state index in [0.29, 0.717) is 16.9 Å². The van der Waals surface area contributed by atoms with Crippen molar-refractivity contribution < 1.29 is 24.3 Å². The zero-order valence-electron chi connectivity index (χ0n) is 16.4. The number of thioether (sulfide) groups is 1. The Kier molecular flexibility index (Phi) is 7.40. The maximum atomic E-state index is 12.3. The summed E-state index contributed by atoms with van der Waals surface area (Å²) >= 11 is 1.43. The topological polar surface area (TPSA) is 133 Å². The maximum absolute atomic E-state index is 12.3. The van der Waals surface area contributed by atoms with Gasteiger partial charge in [-0.2, -0.15) is 0 Å². The van der Waals surface area contributed by atoms with E-state index < -0.39 is 35.2 Å². The monoisotopic (exact) mass is 420 g/mol. The molecular formula is C19H24N4O5S. The molecule has 2 aliphatic heterocycles. The van der Waals surface area contributed by atoms with E-state index in [2.05, 4.69) is 5.32 Å². The van der Waals surface area contributed by atoms with Gasteiger partial charge in [0.05, 0.1) is 0 Å². The average molecular weight is 420 g/mol. The van der Waals surface area contributed by atoms with E-state index >= 15 is 0 Å². The third kappa shape index (κ3) is 4.96. The van der Waals surface area contributed by atoms with Crippen LogP contribution in [0.3, 0.4) is 0 Å². The van der Waals surface area contributed by atoms with Gasteiger partial charge in [-0.25, -0.2) is 4.79 Å². The number of fused-ring (bicyclic) bond motifs is 1. The molecule has 0 saturated carbocycles. The first-order valence-electron chi connectivity index (χ1n) is 8.79. The fourth-order valence-electron chi connectivity index (χ4n) is 2.83. The van der Waals surface area contributed by atoms with Crippen molar-refractivity contribution in [3.8, 4) is 0 Å². The first-order chi connectivity index (χ1) is 13.7. The second-order valence-corrected chi connectivity index (χ2v) is 7.89. The lowest BCUT2D eigenvalue weighted by atomic mass is 10.0. The number of carbonyl (C=O) groups excluding carboxylic acids is 3. The van der Waals surface area contributed by atoms with Crippen LogP contribution in [-0.2, 0) is 19.2 Å². The summed E-state index contributed by atoms with van der Waals surface area (Å²) in [5, 5.41) is 11.5. The standard InChI is InChI=1S/C16H17N3O4S.C3H7NO/c1-8-7-24-15-11(14(21)19(15)12(8)16(22)23)18-13(20)10(17)9-5-3-2-4-6-9;1-4(2)3-5/h2-6,10-11,15H,7,17H2,1H3,(H,18,20)(H,22,23);3H,1-2H3/t10-,11-,15-;/m1./s1. The summed E-state index contributed by atoms with van der Waals surface area (Å²) in [7, 11) is 3.38. The normalized spacial score (nSPS) is 21.1. The summed E-state index contributed by atoms with van der Waals surface area (Å²) < 4.78 is 0. The van der Waals surface area contributed by atoms with Crippen molar-refractivity contribution in [3.63, 3.8) is 0 Å². The minimum absolute atomic E-state index is 0.0154. The van der Waals surface area contributed by atoms with Gasteiger partial charge in [-0.15, -0.1) is 11.8 Å². The first kappa shape index (κ1) is 22.4. The fraction of sp³-hybridized carbons (Fsp3) is 0.368. The molecule has 0 spiro atoms. The molecule has 0 aliphatic carbocycles. The van der Waals surface area contributed by atoms with Crippen LogP contribution in [0, 0.1) is 0 Å². The number of hydrogen-bond acceptors (Lipinski definition) is 6. The maximum Gasteiger partial charge on any atom is 0.352 e.